The number of aromatic nitrogens is 4. The third-order valence-electron chi connectivity index (χ3n) is 10.5. The average Bonchev–Trinajstić information content (AvgIpc) is 3.80. The number of fused-ring (bicyclic) bond motifs is 1. The first-order valence-corrected chi connectivity index (χ1v) is 22.3. The number of nitrogens with zero attached hydrogens (tertiary/aromatic N) is 4. The highest BCUT2D eigenvalue weighted by Crippen LogP contribution is 2.49. The van der Waals surface area contributed by atoms with Crippen molar-refractivity contribution in [1.82, 2.24) is 19.5 Å². The highest BCUT2D eigenvalue weighted by Gasteiger charge is 2.46. The molecule has 0 spiro atoms. The van der Waals surface area contributed by atoms with E-state index in [1.807, 2.05) is 47.0 Å². The van der Waals surface area contributed by atoms with Crippen LogP contribution in [0.1, 0.15) is 50.1 Å². The van der Waals surface area contributed by atoms with Gasteiger partial charge in [-0.15, -0.1) is 0 Å². The first-order chi connectivity index (χ1) is 25.8. The van der Waals surface area contributed by atoms with Gasteiger partial charge in [-0.1, -0.05) is 75.4 Å². The van der Waals surface area contributed by atoms with E-state index in [1.54, 1.807) is 26.6 Å². The van der Waals surface area contributed by atoms with Crippen LogP contribution in [0.15, 0.2) is 103 Å². The van der Waals surface area contributed by atoms with Crippen LogP contribution in [-0.4, -0.2) is 68.5 Å². The van der Waals surface area contributed by atoms with E-state index in [0.717, 1.165) is 28.2 Å². The molecular formula is C40H50N5O7PSi. The summed E-state index contributed by atoms with van der Waals surface area (Å²) in [6, 6.07) is 26.2. The Balaban J connectivity index is 1.47. The molecule has 1 saturated heterocycles. The van der Waals surface area contributed by atoms with Gasteiger partial charge in [-0.2, -0.15) is 0 Å². The molecule has 286 valence electrons. The fourth-order valence-electron chi connectivity index (χ4n) is 6.49. The zero-order valence-electron chi connectivity index (χ0n) is 32.3. The molecule has 0 bridgehead atoms. The van der Waals surface area contributed by atoms with Crippen LogP contribution in [0.3, 0.4) is 0 Å². The number of imidazole rings is 1. The Labute approximate surface area is 318 Å². The first kappa shape index (κ1) is 39.3. The van der Waals surface area contributed by atoms with Gasteiger partial charge in [0, 0.05) is 26.5 Å². The SMILES string of the molecule is COc1ccc(C(Nc2ncnc3c2ncn3[C@@H]2O[C@H](/C=C/P(=O)(OC)OC)C[C@H]2O[Si](C)(C)C(C)(C)C)(c2ccccc2)c2ccc(OC)cc2)cc1. The number of ether oxygens (including phenoxy) is 3. The summed E-state index contributed by atoms with van der Waals surface area (Å²) < 4.78 is 49.8. The van der Waals surface area contributed by atoms with E-state index in [4.69, 9.17) is 42.6 Å². The van der Waals surface area contributed by atoms with Crippen LogP contribution in [0.25, 0.3) is 11.2 Å². The van der Waals surface area contributed by atoms with Crippen molar-refractivity contribution in [2.24, 2.45) is 0 Å². The second-order valence-corrected chi connectivity index (χ2v) is 21.6. The van der Waals surface area contributed by atoms with Crippen LogP contribution in [-0.2, 0) is 28.3 Å². The Morgan fingerprint density at radius 3 is 1.94 bits per heavy atom. The normalized spacial score (nSPS) is 18.4. The van der Waals surface area contributed by atoms with Gasteiger partial charge in [0.2, 0.25) is 0 Å². The van der Waals surface area contributed by atoms with Crippen LogP contribution in [0.5, 0.6) is 11.5 Å². The molecule has 0 aliphatic carbocycles. The summed E-state index contributed by atoms with van der Waals surface area (Å²) in [6.07, 6.45) is 4.13. The second kappa shape index (κ2) is 15.8. The molecule has 0 unspecified atom stereocenters. The van der Waals surface area contributed by atoms with E-state index in [1.165, 1.54) is 26.4 Å². The molecule has 14 heteroatoms. The zero-order valence-corrected chi connectivity index (χ0v) is 34.2. The monoisotopic (exact) mass is 771 g/mol. The maximum Gasteiger partial charge on any atom is 0.353 e. The molecule has 1 N–H and O–H groups in total. The number of methoxy groups -OCH3 is 2. The van der Waals surface area contributed by atoms with Crippen molar-refractivity contribution >= 4 is 32.9 Å². The van der Waals surface area contributed by atoms with Gasteiger partial charge in [0.25, 0.3) is 0 Å². The zero-order chi connectivity index (χ0) is 38.7. The van der Waals surface area contributed by atoms with E-state index < -0.39 is 33.8 Å². The van der Waals surface area contributed by atoms with Crippen LogP contribution >= 0.6 is 7.60 Å². The number of rotatable bonds is 14. The molecule has 2 aromatic heterocycles. The summed E-state index contributed by atoms with van der Waals surface area (Å²) in [5.41, 5.74) is 3.06. The smallest absolute Gasteiger partial charge is 0.353 e. The van der Waals surface area contributed by atoms with Gasteiger partial charge in [0.15, 0.2) is 31.5 Å². The minimum absolute atomic E-state index is 0.0484. The van der Waals surface area contributed by atoms with E-state index in [-0.39, 0.29) is 11.1 Å². The lowest BCUT2D eigenvalue weighted by molar-refractivity contribution is -0.0186. The molecule has 0 radical (unpaired) electrons. The van der Waals surface area contributed by atoms with Gasteiger partial charge in [-0.25, -0.2) is 15.0 Å². The van der Waals surface area contributed by atoms with Crippen LogP contribution in [0.2, 0.25) is 18.1 Å². The molecule has 3 atom stereocenters. The molecule has 1 fully saturated rings. The van der Waals surface area contributed by atoms with Crippen molar-refractivity contribution < 1.29 is 32.2 Å². The topological polar surface area (TPSA) is 128 Å². The maximum absolute atomic E-state index is 12.9. The van der Waals surface area contributed by atoms with Gasteiger partial charge in [0.05, 0.1) is 32.8 Å². The van der Waals surface area contributed by atoms with Crippen molar-refractivity contribution in [2.75, 3.05) is 33.8 Å². The lowest BCUT2D eigenvalue weighted by Gasteiger charge is -2.39. The molecular weight excluding hydrogens is 722 g/mol. The second-order valence-electron chi connectivity index (χ2n) is 14.7. The van der Waals surface area contributed by atoms with Crippen molar-refractivity contribution in [2.45, 2.75) is 69.3 Å². The van der Waals surface area contributed by atoms with Crippen molar-refractivity contribution in [3.8, 4) is 11.5 Å². The molecule has 6 rings (SSSR count). The highest BCUT2D eigenvalue weighted by atomic mass is 31.2. The number of hydrogen-bond acceptors (Lipinski definition) is 11. The molecule has 12 nitrogen and oxygen atoms in total. The maximum atomic E-state index is 12.9. The molecule has 0 amide bonds. The standard InChI is InChI=1S/C40H50N5O7PSi/c1-39(2,3)54(8,9)52-34-25-33(23-24-53(46,49-6)50-7)51-38(34)45-27-43-35-36(41-26-42-37(35)45)44-40(28-13-11-10-12-14-28,29-15-19-31(47-4)20-16-29)30-17-21-32(48-5)22-18-30/h10-24,26-27,33-34,38H,25H2,1-9H3,(H,41,42,44)/b24-23+/t33-,34-,38-/m1/s1. The molecule has 54 heavy (non-hydrogen) atoms. The summed E-state index contributed by atoms with van der Waals surface area (Å²) in [6.45, 7) is 11.1. The van der Waals surface area contributed by atoms with Crippen LogP contribution < -0.4 is 14.8 Å². The minimum Gasteiger partial charge on any atom is -0.497 e. The van der Waals surface area contributed by atoms with E-state index in [0.29, 0.717) is 23.4 Å². The highest BCUT2D eigenvalue weighted by molar-refractivity contribution is 7.57. The van der Waals surface area contributed by atoms with Gasteiger partial charge in [-0.05, 0) is 65.2 Å². The first-order valence-electron chi connectivity index (χ1n) is 17.8. The van der Waals surface area contributed by atoms with Gasteiger partial charge < -0.3 is 33.0 Å². The Hall–Kier alpha value is -4.36. The molecule has 5 aromatic rings. The number of benzene rings is 3. The number of anilines is 1. The summed E-state index contributed by atoms with van der Waals surface area (Å²) in [7, 11) is 0.344. The van der Waals surface area contributed by atoms with Crippen molar-refractivity contribution in [3.05, 3.63) is 120 Å². The lowest BCUT2D eigenvalue weighted by atomic mass is 9.77. The Bertz CT molecular complexity index is 2050. The van der Waals surface area contributed by atoms with Gasteiger partial charge >= 0.3 is 7.60 Å². The summed E-state index contributed by atoms with van der Waals surface area (Å²) in [4.78, 5) is 14.4. The Kier molecular flexibility index (Phi) is 11.5. The predicted molar refractivity (Wildman–Crippen MR) is 213 cm³/mol. The fraction of sp³-hybridized carbons (Fsp3) is 0.375. The molecule has 1 aliphatic rings. The quantitative estimate of drug-likeness (QED) is 0.0660. The number of nitrogens with one attached hydrogen (secondary N) is 1. The summed E-state index contributed by atoms with van der Waals surface area (Å²) in [5, 5.41) is 3.80. The summed E-state index contributed by atoms with van der Waals surface area (Å²) in [5.74, 6) is 3.45. The van der Waals surface area contributed by atoms with E-state index >= 15 is 0 Å². The average molecular weight is 772 g/mol. The molecule has 1 aliphatic heterocycles. The third-order valence-corrected chi connectivity index (χ3v) is 16.6. The molecule has 3 heterocycles. The largest absolute Gasteiger partial charge is 0.497 e. The Morgan fingerprint density at radius 2 is 1.41 bits per heavy atom. The van der Waals surface area contributed by atoms with E-state index in [9.17, 15) is 4.57 Å². The predicted octanol–water partition coefficient (Wildman–Crippen LogP) is 8.93. The molecule has 3 aromatic carbocycles. The van der Waals surface area contributed by atoms with Crippen LogP contribution in [0, 0.1) is 0 Å². The Morgan fingerprint density at radius 1 is 0.833 bits per heavy atom. The summed E-state index contributed by atoms with van der Waals surface area (Å²) >= 11 is 0. The van der Waals surface area contributed by atoms with Crippen molar-refractivity contribution in [3.63, 3.8) is 0 Å². The minimum atomic E-state index is -3.41. The molecule has 0 saturated carbocycles. The van der Waals surface area contributed by atoms with Crippen molar-refractivity contribution in [1.29, 1.82) is 0 Å². The van der Waals surface area contributed by atoms with Crippen LogP contribution in [0.4, 0.5) is 5.82 Å². The van der Waals surface area contributed by atoms with Gasteiger partial charge in [0.1, 0.15) is 23.4 Å². The third kappa shape index (κ3) is 7.75. The fourth-order valence-corrected chi connectivity index (χ4v) is 8.61. The number of hydrogen-bond donors (Lipinski definition) is 1. The lowest BCUT2D eigenvalue weighted by Crippen LogP contribution is -2.45. The van der Waals surface area contributed by atoms with E-state index in [2.05, 4.69) is 75.6 Å². The van der Waals surface area contributed by atoms with Gasteiger partial charge in [-0.3, -0.25) is 9.13 Å².